The van der Waals surface area contributed by atoms with Gasteiger partial charge in [-0.1, -0.05) is 35.3 Å². The minimum Gasteiger partial charge on any atom is -0.507 e. The molecule has 0 spiro atoms. The average molecular weight is 494 g/mol. The third-order valence-electron chi connectivity index (χ3n) is 5.24. The summed E-state index contributed by atoms with van der Waals surface area (Å²) >= 11 is 12.3. The number of aliphatic hydroxyl groups is 1. The molecule has 0 bridgehead atoms. The number of aliphatic hydroxyl groups excluding tert-OH is 1. The number of Topliss-reactive ketones (excluding diaryl/α,β-unsaturated/α-hetero) is 1. The van der Waals surface area contributed by atoms with Gasteiger partial charge in [0.15, 0.2) is 0 Å². The van der Waals surface area contributed by atoms with E-state index >= 15 is 0 Å². The van der Waals surface area contributed by atoms with Crippen molar-refractivity contribution < 1.29 is 28.9 Å². The van der Waals surface area contributed by atoms with Gasteiger partial charge in [-0.3, -0.25) is 9.59 Å². The van der Waals surface area contributed by atoms with Gasteiger partial charge in [0.1, 0.15) is 17.3 Å². The summed E-state index contributed by atoms with van der Waals surface area (Å²) in [5.41, 5.74) is 0.702. The van der Waals surface area contributed by atoms with Crippen molar-refractivity contribution in [2.24, 2.45) is 0 Å². The smallest absolute Gasteiger partial charge is 0.295 e. The standard InChI is InChI=1S/C24H25Cl2NO6/c1-13(2)33-10-9-27-21(14-5-7-15(25)8-6-14)20(23(29)24(27)30)22(28)16-11-17(26)19(32-4)12-18(16)31-3/h5-8,11-13,21,28H,9-10H2,1-4H3/b22-20+. The van der Waals surface area contributed by atoms with Crippen LogP contribution in [0.2, 0.25) is 10.0 Å². The SMILES string of the molecule is COc1cc(OC)c(/C(O)=C2\C(=O)C(=O)N(CCOC(C)C)C2c2ccc(Cl)cc2)cc1Cl. The Hall–Kier alpha value is -2.74. The molecule has 1 fully saturated rings. The van der Waals surface area contributed by atoms with Gasteiger partial charge in [-0.05, 0) is 37.6 Å². The zero-order chi connectivity index (χ0) is 24.3. The van der Waals surface area contributed by atoms with Crippen molar-refractivity contribution in [3.05, 3.63) is 63.1 Å². The predicted molar refractivity (Wildman–Crippen MR) is 126 cm³/mol. The number of rotatable bonds is 8. The number of halogens is 2. The normalized spacial score (nSPS) is 17.7. The van der Waals surface area contributed by atoms with Crippen LogP contribution < -0.4 is 9.47 Å². The fourth-order valence-corrected chi connectivity index (χ4v) is 4.05. The summed E-state index contributed by atoms with van der Waals surface area (Å²) in [6, 6.07) is 8.83. The monoisotopic (exact) mass is 493 g/mol. The number of carbonyl (C=O) groups excluding carboxylic acids is 2. The van der Waals surface area contributed by atoms with Crippen LogP contribution in [-0.4, -0.2) is 55.2 Å². The lowest BCUT2D eigenvalue weighted by Crippen LogP contribution is -2.33. The highest BCUT2D eigenvalue weighted by atomic mass is 35.5. The summed E-state index contributed by atoms with van der Waals surface area (Å²) in [5.74, 6) is -1.38. The molecule has 2 aromatic carbocycles. The van der Waals surface area contributed by atoms with Crippen molar-refractivity contribution in [3.63, 3.8) is 0 Å². The van der Waals surface area contributed by atoms with Crippen LogP contribution in [-0.2, 0) is 14.3 Å². The maximum atomic E-state index is 13.1. The van der Waals surface area contributed by atoms with Crippen molar-refractivity contribution in [1.82, 2.24) is 4.90 Å². The van der Waals surface area contributed by atoms with Crippen LogP contribution in [0.3, 0.4) is 0 Å². The molecule has 1 N–H and O–H groups in total. The molecular formula is C24H25Cl2NO6. The van der Waals surface area contributed by atoms with E-state index in [0.717, 1.165) is 0 Å². The first kappa shape index (κ1) is 24.9. The van der Waals surface area contributed by atoms with Gasteiger partial charge in [0.05, 0.1) is 49.1 Å². The highest BCUT2D eigenvalue weighted by molar-refractivity contribution is 6.46. The predicted octanol–water partition coefficient (Wildman–Crippen LogP) is 4.86. The summed E-state index contributed by atoms with van der Waals surface area (Å²) < 4.78 is 16.2. The minimum atomic E-state index is -0.844. The lowest BCUT2D eigenvalue weighted by Gasteiger charge is -2.26. The third kappa shape index (κ3) is 5.11. The van der Waals surface area contributed by atoms with Crippen LogP contribution in [0.15, 0.2) is 42.0 Å². The zero-order valence-corrected chi connectivity index (χ0v) is 20.2. The molecule has 33 heavy (non-hydrogen) atoms. The minimum absolute atomic E-state index is 0.0403. The summed E-state index contributed by atoms with van der Waals surface area (Å²) in [5, 5.41) is 12.0. The number of nitrogens with zero attached hydrogens (tertiary/aromatic N) is 1. The average Bonchev–Trinajstić information content (AvgIpc) is 3.03. The molecule has 1 amide bonds. The van der Waals surface area contributed by atoms with Gasteiger partial charge in [0, 0.05) is 17.6 Å². The van der Waals surface area contributed by atoms with Crippen molar-refractivity contribution in [1.29, 1.82) is 0 Å². The summed E-state index contributed by atoms with van der Waals surface area (Å²) in [4.78, 5) is 27.5. The number of amides is 1. The number of hydrogen-bond acceptors (Lipinski definition) is 6. The molecule has 7 nitrogen and oxygen atoms in total. The van der Waals surface area contributed by atoms with Gasteiger partial charge in [-0.15, -0.1) is 0 Å². The Balaban J connectivity index is 2.17. The first-order valence-electron chi connectivity index (χ1n) is 10.3. The summed E-state index contributed by atoms with van der Waals surface area (Å²) in [7, 11) is 2.86. The van der Waals surface area contributed by atoms with Gasteiger partial charge in [0.2, 0.25) is 0 Å². The topological polar surface area (TPSA) is 85.3 Å². The fraction of sp³-hybridized carbons (Fsp3) is 0.333. The molecule has 9 heteroatoms. The molecule has 1 saturated heterocycles. The number of hydrogen-bond donors (Lipinski definition) is 1. The van der Waals surface area contributed by atoms with Crippen LogP contribution >= 0.6 is 23.2 Å². The third-order valence-corrected chi connectivity index (χ3v) is 5.79. The van der Waals surface area contributed by atoms with Crippen LogP contribution in [0.5, 0.6) is 11.5 Å². The Morgan fingerprint density at radius 1 is 1.06 bits per heavy atom. The van der Waals surface area contributed by atoms with Gasteiger partial charge in [-0.25, -0.2) is 0 Å². The van der Waals surface area contributed by atoms with Crippen LogP contribution in [0.1, 0.15) is 31.0 Å². The number of benzene rings is 2. The highest BCUT2D eigenvalue weighted by Crippen LogP contribution is 2.43. The van der Waals surface area contributed by atoms with Crippen molar-refractivity contribution in [2.45, 2.75) is 26.0 Å². The lowest BCUT2D eigenvalue weighted by molar-refractivity contribution is -0.140. The summed E-state index contributed by atoms with van der Waals surface area (Å²) in [6.07, 6.45) is -0.0403. The van der Waals surface area contributed by atoms with E-state index in [1.54, 1.807) is 24.3 Å². The Morgan fingerprint density at radius 3 is 2.27 bits per heavy atom. The van der Waals surface area contributed by atoms with Gasteiger partial charge in [-0.2, -0.15) is 0 Å². The highest BCUT2D eigenvalue weighted by Gasteiger charge is 2.46. The number of ketones is 1. The molecule has 1 aliphatic heterocycles. The van der Waals surface area contributed by atoms with Crippen LogP contribution in [0.25, 0.3) is 5.76 Å². The number of carbonyl (C=O) groups is 2. The van der Waals surface area contributed by atoms with E-state index in [0.29, 0.717) is 16.3 Å². The van der Waals surface area contributed by atoms with E-state index in [4.69, 9.17) is 37.4 Å². The summed E-state index contributed by atoms with van der Waals surface area (Å²) in [6.45, 7) is 4.15. The largest absolute Gasteiger partial charge is 0.507 e. The van der Waals surface area contributed by atoms with E-state index in [-0.39, 0.29) is 41.2 Å². The number of likely N-dealkylation sites (tertiary alicyclic amines) is 1. The molecule has 1 unspecified atom stereocenters. The quantitative estimate of drug-likeness (QED) is 0.321. The fourth-order valence-electron chi connectivity index (χ4n) is 3.68. The second kappa shape index (κ2) is 10.5. The van der Waals surface area contributed by atoms with Crippen molar-refractivity contribution >= 4 is 40.7 Å². The van der Waals surface area contributed by atoms with Crippen molar-refractivity contribution in [2.75, 3.05) is 27.4 Å². The van der Waals surface area contributed by atoms with Crippen molar-refractivity contribution in [3.8, 4) is 11.5 Å². The second-order valence-corrected chi connectivity index (χ2v) is 8.49. The lowest BCUT2D eigenvalue weighted by atomic mass is 9.95. The molecular weight excluding hydrogens is 469 g/mol. The Bertz CT molecular complexity index is 1080. The molecule has 2 aromatic rings. The van der Waals surface area contributed by atoms with E-state index in [9.17, 15) is 14.7 Å². The zero-order valence-electron chi connectivity index (χ0n) is 18.7. The molecule has 0 saturated carbocycles. The number of methoxy groups -OCH3 is 2. The first-order valence-corrected chi connectivity index (χ1v) is 11.0. The van der Waals surface area contributed by atoms with Gasteiger partial charge >= 0.3 is 0 Å². The van der Waals surface area contributed by atoms with E-state index in [1.165, 1.54) is 31.3 Å². The van der Waals surface area contributed by atoms with Crippen LogP contribution in [0.4, 0.5) is 0 Å². The molecule has 3 rings (SSSR count). The Morgan fingerprint density at radius 2 is 1.70 bits per heavy atom. The van der Waals surface area contributed by atoms with E-state index < -0.39 is 23.5 Å². The molecule has 1 atom stereocenters. The van der Waals surface area contributed by atoms with E-state index in [1.807, 2.05) is 13.8 Å². The van der Waals surface area contributed by atoms with Gasteiger partial charge in [0.25, 0.3) is 11.7 Å². The molecule has 176 valence electrons. The number of ether oxygens (including phenoxy) is 3. The molecule has 0 aromatic heterocycles. The Labute approximate surface area is 202 Å². The first-order chi connectivity index (χ1) is 15.7. The van der Waals surface area contributed by atoms with Gasteiger partial charge < -0.3 is 24.2 Å². The van der Waals surface area contributed by atoms with Crippen LogP contribution in [0, 0.1) is 0 Å². The van der Waals surface area contributed by atoms with E-state index in [2.05, 4.69) is 0 Å². The molecule has 1 heterocycles. The maximum Gasteiger partial charge on any atom is 0.295 e. The Kier molecular flexibility index (Phi) is 7.89. The molecule has 0 radical (unpaired) electrons. The second-order valence-electron chi connectivity index (χ2n) is 7.65. The molecule has 0 aliphatic carbocycles. The maximum absolute atomic E-state index is 13.1. The molecule has 1 aliphatic rings.